The number of nitrogens with two attached hydrogens (primary N) is 1. The average Bonchev–Trinajstić information content (AvgIpc) is 1.94. The highest BCUT2D eigenvalue weighted by atomic mass is 79.9. The summed E-state index contributed by atoms with van der Waals surface area (Å²) in [5, 5.41) is 7.25. The standard InChI is InChI=1S/C5H6BrN3O/c1-10-3-2-4(6)8-9-5(3)7/h2H,1H3,(H2,7,9). The molecule has 0 aromatic carbocycles. The maximum absolute atomic E-state index is 5.38. The summed E-state index contributed by atoms with van der Waals surface area (Å²) < 4.78 is 5.48. The Morgan fingerprint density at radius 1 is 1.60 bits per heavy atom. The fraction of sp³-hybridized carbons (Fsp3) is 0.200. The molecule has 0 fully saturated rings. The molecule has 10 heavy (non-hydrogen) atoms. The van der Waals surface area contributed by atoms with E-state index in [0.717, 1.165) is 0 Å². The second kappa shape index (κ2) is 2.83. The van der Waals surface area contributed by atoms with Crippen LogP contribution in [0.3, 0.4) is 0 Å². The summed E-state index contributed by atoms with van der Waals surface area (Å²) >= 11 is 3.13. The van der Waals surface area contributed by atoms with Gasteiger partial charge in [-0.2, -0.15) is 0 Å². The molecule has 0 aliphatic rings. The van der Waals surface area contributed by atoms with Gasteiger partial charge in [-0.05, 0) is 15.9 Å². The second-order valence-electron chi connectivity index (χ2n) is 1.62. The van der Waals surface area contributed by atoms with Crippen molar-refractivity contribution in [3.05, 3.63) is 10.7 Å². The molecule has 2 N–H and O–H groups in total. The summed E-state index contributed by atoms with van der Waals surface area (Å²) in [4.78, 5) is 0. The average molecular weight is 204 g/mol. The third-order valence-corrected chi connectivity index (χ3v) is 1.36. The van der Waals surface area contributed by atoms with Crippen LogP contribution in [0, 0.1) is 0 Å². The van der Waals surface area contributed by atoms with Crippen molar-refractivity contribution in [2.24, 2.45) is 0 Å². The van der Waals surface area contributed by atoms with E-state index in [2.05, 4.69) is 26.1 Å². The number of ether oxygens (including phenoxy) is 1. The van der Waals surface area contributed by atoms with Gasteiger partial charge in [-0.1, -0.05) is 0 Å². The van der Waals surface area contributed by atoms with Gasteiger partial charge in [0.15, 0.2) is 11.6 Å². The lowest BCUT2D eigenvalue weighted by molar-refractivity contribution is 0.414. The van der Waals surface area contributed by atoms with E-state index in [-0.39, 0.29) is 0 Å². The van der Waals surface area contributed by atoms with E-state index in [1.807, 2.05) is 0 Å². The van der Waals surface area contributed by atoms with Crippen LogP contribution in [0.1, 0.15) is 0 Å². The van der Waals surface area contributed by atoms with E-state index in [1.165, 1.54) is 7.11 Å². The predicted molar refractivity (Wildman–Crippen MR) is 40.7 cm³/mol. The Morgan fingerprint density at radius 3 is 2.80 bits per heavy atom. The molecule has 1 aromatic heterocycles. The SMILES string of the molecule is COc1cc(Br)nnc1N. The summed E-state index contributed by atoms with van der Waals surface area (Å²) in [6.45, 7) is 0. The van der Waals surface area contributed by atoms with Crippen molar-refractivity contribution in [2.75, 3.05) is 12.8 Å². The first kappa shape index (κ1) is 7.27. The molecule has 0 saturated heterocycles. The lowest BCUT2D eigenvalue weighted by atomic mass is 10.5. The van der Waals surface area contributed by atoms with Crippen molar-refractivity contribution in [2.45, 2.75) is 0 Å². The predicted octanol–water partition coefficient (Wildman–Crippen LogP) is 0.830. The molecule has 0 aliphatic heterocycles. The first-order valence-corrected chi connectivity index (χ1v) is 3.36. The van der Waals surface area contributed by atoms with Crippen LogP contribution in [-0.2, 0) is 0 Å². The molecule has 1 heterocycles. The number of hydrogen-bond donors (Lipinski definition) is 1. The van der Waals surface area contributed by atoms with Gasteiger partial charge in [0.1, 0.15) is 4.60 Å². The molecule has 0 atom stereocenters. The Bertz CT molecular complexity index is 240. The molecule has 0 unspecified atom stereocenters. The highest BCUT2D eigenvalue weighted by Crippen LogP contribution is 2.19. The molecule has 1 aromatic rings. The lowest BCUT2D eigenvalue weighted by Gasteiger charge is -2.00. The molecule has 0 amide bonds. The van der Waals surface area contributed by atoms with Gasteiger partial charge in [-0.25, -0.2) is 0 Å². The van der Waals surface area contributed by atoms with Crippen LogP contribution >= 0.6 is 15.9 Å². The van der Waals surface area contributed by atoms with E-state index >= 15 is 0 Å². The Labute approximate surface area is 66.5 Å². The van der Waals surface area contributed by atoms with Gasteiger partial charge in [-0.15, -0.1) is 10.2 Å². The molecule has 0 radical (unpaired) electrons. The van der Waals surface area contributed by atoms with Gasteiger partial charge in [0.25, 0.3) is 0 Å². The molecule has 0 spiro atoms. The third kappa shape index (κ3) is 1.36. The molecular formula is C5H6BrN3O. The number of nitrogens with zero attached hydrogens (tertiary/aromatic N) is 2. The van der Waals surface area contributed by atoms with Gasteiger partial charge in [0.05, 0.1) is 7.11 Å². The summed E-state index contributed by atoms with van der Waals surface area (Å²) in [7, 11) is 1.53. The summed E-state index contributed by atoms with van der Waals surface area (Å²) in [6, 6.07) is 1.66. The lowest BCUT2D eigenvalue weighted by Crippen LogP contribution is -1.97. The Morgan fingerprint density at radius 2 is 2.30 bits per heavy atom. The maximum atomic E-state index is 5.38. The number of nitrogen functional groups attached to an aromatic ring is 1. The van der Waals surface area contributed by atoms with Gasteiger partial charge < -0.3 is 10.5 Å². The highest BCUT2D eigenvalue weighted by molar-refractivity contribution is 9.10. The Kier molecular flexibility index (Phi) is 2.06. The number of aromatic nitrogens is 2. The zero-order valence-corrected chi connectivity index (χ0v) is 6.92. The van der Waals surface area contributed by atoms with E-state index in [1.54, 1.807) is 6.07 Å². The smallest absolute Gasteiger partial charge is 0.188 e. The Balaban J connectivity index is 3.09. The molecule has 1 rings (SSSR count). The summed E-state index contributed by atoms with van der Waals surface area (Å²) in [5.74, 6) is 0.826. The second-order valence-corrected chi connectivity index (χ2v) is 2.43. The monoisotopic (exact) mass is 203 g/mol. The molecule has 0 bridgehead atoms. The largest absolute Gasteiger partial charge is 0.493 e. The third-order valence-electron chi connectivity index (χ3n) is 0.976. The molecule has 5 heteroatoms. The first-order valence-electron chi connectivity index (χ1n) is 2.56. The van der Waals surface area contributed by atoms with Crippen LogP contribution in [-0.4, -0.2) is 17.3 Å². The number of hydrogen-bond acceptors (Lipinski definition) is 4. The van der Waals surface area contributed by atoms with Crippen LogP contribution in [0.4, 0.5) is 5.82 Å². The van der Waals surface area contributed by atoms with E-state index < -0.39 is 0 Å². The van der Waals surface area contributed by atoms with Crippen molar-refractivity contribution >= 4 is 21.7 Å². The quantitative estimate of drug-likeness (QED) is 0.735. The van der Waals surface area contributed by atoms with Crippen LogP contribution in [0.2, 0.25) is 0 Å². The number of anilines is 1. The van der Waals surface area contributed by atoms with Crippen molar-refractivity contribution in [1.82, 2.24) is 10.2 Å². The van der Waals surface area contributed by atoms with Gasteiger partial charge >= 0.3 is 0 Å². The summed E-state index contributed by atoms with van der Waals surface area (Å²) in [5.41, 5.74) is 5.38. The zero-order valence-electron chi connectivity index (χ0n) is 5.34. The topological polar surface area (TPSA) is 61.0 Å². The van der Waals surface area contributed by atoms with Crippen molar-refractivity contribution in [3.8, 4) is 5.75 Å². The van der Waals surface area contributed by atoms with Gasteiger partial charge in [0, 0.05) is 6.07 Å². The normalized spacial score (nSPS) is 9.40. The molecule has 54 valence electrons. The van der Waals surface area contributed by atoms with Crippen LogP contribution in [0.5, 0.6) is 5.75 Å². The molecule has 0 aliphatic carbocycles. The van der Waals surface area contributed by atoms with Crippen molar-refractivity contribution < 1.29 is 4.74 Å². The van der Waals surface area contributed by atoms with Gasteiger partial charge in [0.2, 0.25) is 0 Å². The van der Waals surface area contributed by atoms with E-state index in [9.17, 15) is 0 Å². The molecule has 0 saturated carbocycles. The number of methoxy groups -OCH3 is 1. The number of rotatable bonds is 1. The van der Waals surface area contributed by atoms with Crippen LogP contribution < -0.4 is 10.5 Å². The molecular weight excluding hydrogens is 198 g/mol. The summed E-state index contributed by atoms with van der Waals surface area (Å²) in [6.07, 6.45) is 0. The fourth-order valence-electron chi connectivity index (χ4n) is 0.525. The van der Waals surface area contributed by atoms with Gasteiger partial charge in [-0.3, -0.25) is 0 Å². The van der Waals surface area contributed by atoms with Crippen molar-refractivity contribution in [3.63, 3.8) is 0 Å². The zero-order chi connectivity index (χ0) is 7.56. The van der Waals surface area contributed by atoms with Crippen molar-refractivity contribution in [1.29, 1.82) is 0 Å². The molecule has 4 nitrogen and oxygen atoms in total. The highest BCUT2D eigenvalue weighted by Gasteiger charge is 2.00. The Hall–Kier alpha value is -0.840. The maximum Gasteiger partial charge on any atom is 0.188 e. The fourth-order valence-corrected chi connectivity index (χ4v) is 0.813. The van der Waals surface area contributed by atoms with E-state index in [0.29, 0.717) is 16.2 Å². The number of halogens is 1. The van der Waals surface area contributed by atoms with Crippen LogP contribution in [0.15, 0.2) is 10.7 Å². The minimum absolute atomic E-state index is 0.297. The first-order chi connectivity index (χ1) is 4.74. The van der Waals surface area contributed by atoms with Crippen LogP contribution in [0.25, 0.3) is 0 Å². The minimum Gasteiger partial charge on any atom is -0.493 e. The van der Waals surface area contributed by atoms with E-state index in [4.69, 9.17) is 10.5 Å². The minimum atomic E-state index is 0.297.